The van der Waals surface area contributed by atoms with Crippen LogP contribution in [-0.4, -0.2) is 34.0 Å². The van der Waals surface area contributed by atoms with Crippen molar-refractivity contribution in [3.63, 3.8) is 0 Å². The highest BCUT2D eigenvalue weighted by Crippen LogP contribution is 2.28. The molecule has 4 nitrogen and oxygen atoms in total. The molecule has 1 unspecified atom stereocenters. The number of aliphatic carboxylic acids is 1. The number of thiazole rings is 1. The summed E-state index contributed by atoms with van der Waals surface area (Å²) in [7, 11) is 0. The van der Waals surface area contributed by atoms with E-state index >= 15 is 0 Å². The van der Waals surface area contributed by atoms with Crippen LogP contribution in [0.15, 0.2) is 6.20 Å². The lowest BCUT2D eigenvalue weighted by Crippen LogP contribution is -2.31. The highest BCUT2D eigenvalue weighted by molar-refractivity contribution is 7.11. The van der Waals surface area contributed by atoms with Crippen LogP contribution in [0.2, 0.25) is 0 Å². The van der Waals surface area contributed by atoms with Gasteiger partial charge in [0.15, 0.2) is 6.04 Å². The van der Waals surface area contributed by atoms with Crippen molar-refractivity contribution < 1.29 is 9.90 Å². The Bertz CT molecular complexity index is 358. The molecule has 1 aromatic heterocycles. The van der Waals surface area contributed by atoms with Crippen molar-refractivity contribution in [2.45, 2.75) is 25.8 Å². The molecule has 1 aromatic rings. The van der Waals surface area contributed by atoms with Crippen LogP contribution in [0.4, 0.5) is 0 Å². The SMILES string of the molecule is Cc1cnc(C(C(=O)O)N2CCCC2)s1. The molecule has 2 rings (SSSR count). The molecule has 82 valence electrons. The standard InChI is InChI=1S/C10H14N2O2S/c1-7-6-11-9(15-7)8(10(13)14)12-4-2-3-5-12/h6,8H,2-5H2,1H3,(H,13,14). The highest BCUT2D eigenvalue weighted by atomic mass is 32.1. The Kier molecular flexibility index (Phi) is 3.02. The van der Waals surface area contributed by atoms with Crippen LogP contribution < -0.4 is 0 Å². The first-order valence-corrected chi connectivity index (χ1v) is 5.89. The van der Waals surface area contributed by atoms with Crippen molar-refractivity contribution in [1.29, 1.82) is 0 Å². The number of hydrogen-bond acceptors (Lipinski definition) is 4. The zero-order chi connectivity index (χ0) is 10.8. The van der Waals surface area contributed by atoms with Crippen LogP contribution >= 0.6 is 11.3 Å². The van der Waals surface area contributed by atoms with E-state index in [9.17, 15) is 9.90 Å². The summed E-state index contributed by atoms with van der Waals surface area (Å²) in [5, 5.41) is 9.93. The van der Waals surface area contributed by atoms with E-state index in [-0.39, 0.29) is 0 Å². The molecular weight excluding hydrogens is 212 g/mol. The first-order chi connectivity index (χ1) is 7.18. The predicted octanol–water partition coefficient (Wildman–Crippen LogP) is 1.67. The van der Waals surface area contributed by atoms with Gasteiger partial charge in [0.2, 0.25) is 0 Å². The highest BCUT2D eigenvalue weighted by Gasteiger charge is 2.31. The summed E-state index contributed by atoms with van der Waals surface area (Å²) in [4.78, 5) is 18.5. The van der Waals surface area contributed by atoms with Gasteiger partial charge in [-0.1, -0.05) is 0 Å². The van der Waals surface area contributed by atoms with Gasteiger partial charge in [-0.05, 0) is 32.9 Å². The normalized spacial score (nSPS) is 19.3. The third kappa shape index (κ3) is 2.18. The summed E-state index contributed by atoms with van der Waals surface area (Å²) >= 11 is 1.48. The summed E-state index contributed by atoms with van der Waals surface area (Å²) in [6.07, 6.45) is 3.92. The second-order valence-corrected chi connectivity index (χ2v) is 5.06. The van der Waals surface area contributed by atoms with Crippen molar-refractivity contribution in [3.05, 3.63) is 16.1 Å². The lowest BCUT2D eigenvalue weighted by molar-refractivity contribution is -0.143. The third-order valence-corrected chi connectivity index (χ3v) is 3.58. The fourth-order valence-corrected chi connectivity index (χ4v) is 2.82. The van der Waals surface area contributed by atoms with Gasteiger partial charge in [-0.3, -0.25) is 9.69 Å². The number of hydrogen-bond donors (Lipinski definition) is 1. The van der Waals surface area contributed by atoms with E-state index in [1.165, 1.54) is 11.3 Å². The minimum atomic E-state index is -0.786. The van der Waals surface area contributed by atoms with Gasteiger partial charge in [-0.2, -0.15) is 0 Å². The maximum Gasteiger partial charge on any atom is 0.328 e. The molecular formula is C10H14N2O2S. The summed E-state index contributed by atoms with van der Waals surface area (Å²) in [6.45, 7) is 3.69. The lowest BCUT2D eigenvalue weighted by atomic mass is 10.3. The average molecular weight is 226 g/mol. The van der Waals surface area contributed by atoms with Crippen molar-refractivity contribution in [2.24, 2.45) is 0 Å². The number of nitrogens with zero attached hydrogens (tertiary/aromatic N) is 2. The van der Waals surface area contributed by atoms with Crippen LogP contribution in [0.3, 0.4) is 0 Å². The zero-order valence-electron chi connectivity index (χ0n) is 8.64. The van der Waals surface area contributed by atoms with Crippen LogP contribution in [0.1, 0.15) is 28.8 Å². The van der Waals surface area contributed by atoms with Crippen molar-refractivity contribution in [1.82, 2.24) is 9.88 Å². The molecule has 0 bridgehead atoms. The summed E-state index contributed by atoms with van der Waals surface area (Å²) in [5.41, 5.74) is 0. The Morgan fingerprint density at radius 2 is 2.27 bits per heavy atom. The van der Waals surface area contributed by atoms with Gasteiger partial charge in [0, 0.05) is 11.1 Å². The molecule has 1 aliphatic rings. The van der Waals surface area contributed by atoms with Crippen LogP contribution in [0, 0.1) is 6.92 Å². The predicted molar refractivity (Wildman–Crippen MR) is 58.0 cm³/mol. The van der Waals surface area contributed by atoms with E-state index in [0.29, 0.717) is 5.01 Å². The second-order valence-electron chi connectivity index (χ2n) is 3.79. The van der Waals surface area contributed by atoms with Crippen molar-refractivity contribution in [2.75, 3.05) is 13.1 Å². The van der Waals surface area contributed by atoms with Crippen LogP contribution in [0.25, 0.3) is 0 Å². The molecule has 0 amide bonds. The Hall–Kier alpha value is -0.940. The zero-order valence-corrected chi connectivity index (χ0v) is 9.46. The quantitative estimate of drug-likeness (QED) is 0.852. The maximum atomic E-state index is 11.2. The number of rotatable bonds is 3. The number of aryl methyl sites for hydroxylation is 1. The number of carboxylic acid groups (broad SMARTS) is 1. The third-order valence-electron chi connectivity index (χ3n) is 2.61. The largest absolute Gasteiger partial charge is 0.480 e. The number of likely N-dealkylation sites (tertiary alicyclic amines) is 1. The van der Waals surface area contributed by atoms with E-state index in [1.54, 1.807) is 6.20 Å². The molecule has 0 saturated carbocycles. The van der Waals surface area contributed by atoms with Gasteiger partial charge in [-0.25, -0.2) is 4.98 Å². The first-order valence-electron chi connectivity index (χ1n) is 5.07. The molecule has 0 spiro atoms. The molecule has 0 aliphatic carbocycles. The molecule has 5 heteroatoms. The topological polar surface area (TPSA) is 53.4 Å². The molecule has 15 heavy (non-hydrogen) atoms. The summed E-state index contributed by atoms with van der Waals surface area (Å²) in [5.74, 6) is -0.786. The Balaban J connectivity index is 2.22. The van der Waals surface area contributed by atoms with E-state index in [2.05, 4.69) is 4.98 Å². The minimum Gasteiger partial charge on any atom is -0.480 e. The van der Waals surface area contributed by atoms with E-state index in [0.717, 1.165) is 30.8 Å². The van der Waals surface area contributed by atoms with Crippen molar-refractivity contribution >= 4 is 17.3 Å². The minimum absolute atomic E-state index is 0.536. The maximum absolute atomic E-state index is 11.2. The summed E-state index contributed by atoms with van der Waals surface area (Å²) in [6, 6.07) is -0.536. The average Bonchev–Trinajstić information content (AvgIpc) is 2.77. The summed E-state index contributed by atoms with van der Waals surface area (Å²) < 4.78 is 0. The van der Waals surface area contributed by atoms with Gasteiger partial charge in [0.1, 0.15) is 5.01 Å². The molecule has 0 aromatic carbocycles. The van der Waals surface area contributed by atoms with Gasteiger partial charge >= 0.3 is 5.97 Å². The number of carboxylic acids is 1. The smallest absolute Gasteiger partial charge is 0.328 e. The van der Waals surface area contributed by atoms with Gasteiger partial charge in [0.25, 0.3) is 0 Å². The van der Waals surface area contributed by atoms with Crippen LogP contribution in [-0.2, 0) is 4.79 Å². The molecule has 0 radical (unpaired) electrons. The van der Waals surface area contributed by atoms with E-state index in [1.807, 2.05) is 11.8 Å². The lowest BCUT2D eigenvalue weighted by Gasteiger charge is -2.21. The number of aromatic nitrogens is 1. The Morgan fingerprint density at radius 3 is 2.73 bits per heavy atom. The molecule has 1 saturated heterocycles. The molecule has 1 aliphatic heterocycles. The van der Waals surface area contributed by atoms with E-state index < -0.39 is 12.0 Å². The Labute approximate surface area is 92.6 Å². The fourth-order valence-electron chi connectivity index (χ4n) is 1.92. The monoisotopic (exact) mass is 226 g/mol. The Morgan fingerprint density at radius 1 is 1.60 bits per heavy atom. The number of carbonyl (C=O) groups is 1. The van der Waals surface area contributed by atoms with Gasteiger partial charge in [-0.15, -0.1) is 11.3 Å². The van der Waals surface area contributed by atoms with Crippen molar-refractivity contribution in [3.8, 4) is 0 Å². The second kappa shape index (κ2) is 4.28. The van der Waals surface area contributed by atoms with Crippen LogP contribution in [0.5, 0.6) is 0 Å². The first kappa shape index (κ1) is 10.6. The fraction of sp³-hybridized carbons (Fsp3) is 0.600. The molecule has 1 atom stereocenters. The van der Waals surface area contributed by atoms with E-state index in [4.69, 9.17) is 0 Å². The van der Waals surface area contributed by atoms with Gasteiger partial charge in [0.05, 0.1) is 0 Å². The molecule has 2 heterocycles. The molecule has 1 fully saturated rings. The molecule has 1 N–H and O–H groups in total. The van der Waals surface area contributed by atoms with Gasteiger partial charge < -0.3 is 5.11 Å².